The van der Waals surface area contributed by atoms with E-state index in [-0.39, 0.29) is 0 Å². The van der Waals surface area contributed by atoms with Gasteiger partial charge in [-0.15, -0.1) is 0 Å². The third kappa shape index (κ3) is 3.75. The first kappa shape index (κ1) is 11.5. The molecule has 0 aromatic carbocycles. The maximum atomic E-state index is 4.01. The second-order valence-electron chi connectivity index (χ2n) is 3.63. The summed E-state index contributed by atoms with van der Waals surface area (Å²) in [5.74, 6) is 1.46. The molecule has 0 fully saturated rings. The summed E-state index contributed by atoms with van der Waals surface area (Å²) in [7, 11) is 0. The fraction of sp³-hybridized carbons (Fsp3) is 0.667. The SMILES string of the molecule is C=CC(=C)C(CC)CC(C)CC. The average molecular weight is 166 g/mol. The molecule has 2 atom stereocenters. The van der Waals surface area contributed by atoms with Crippen molar-refractivity contribution in [3.8, 4) is 0 Å². The number of allylic oxidation sites excluding steroid dienone is 2. The van der Waals surface area contributed by atoms with E-state index < -0.39 is 0 Å². The normalized spacial score (nSPS) is 15.2. The van der Waals surface area contributed by atoms with Crippen molar-refractivity contribution in [1.82, 2.24) is 0 Å². The zero-order valence-electron chi connectivity index (χ0n) is 8.77. The van der Waals surface area contributed by atoms with Crippen molar-refractivity contribution >= 4 is 0 Å². The van der Waals surface area contributed by atoms with Crippen LogP contribution in [-0.2, 0) is 0 Å². The molecule has 0 radical (unpaired) electrons. The first-order chi connectivity index (χ1) is 5.65. The van der Waals surface area contributed by atoms with Crippen molar-refractivity contribution < 1.29 is 0 Å². The van der Waals surface area contributed by atoms with Gasteiger partial charge < -0.3 is 0 Å². The summed E-state index contributed by atoms with van der Waals surface area (Å²) in [4.78, 5) is 0. The summed E-state index contributed by atoms with van der Waals surface area (Å²) >= 11 is 0. The third-order valence-corrected chi connectivity index (χ3v) is 2.66. The Morgan fingerprint density at radius 1 is 1.33 bits per heavy atom. The van der Waals surface area contributed by atoms with Gasteiger partial charge in [-0.2, -0.15) is 0 Å². The lowest BCUT2D eigenvalue weighted by molar-refractivity contribution is 0.418. The van der Waals surface area contributed by atoms with Gasteiger partial charge in [-0.25, -0.2) is 0 Å². The van der Waals surface area contributed by atoms with Gasteiger partial charge in [0.05, 0.1) is 0 Å². The fourth-order valence-corrected chi connectivity index (χ4v) is 1.40. The van der Waals surface area contributed by atoms with Crippen LogP contribution in [0.25, 0.3) is 0 Å². The van der Waals surface area contributed by atoms with Crippen molar-refractivity contribution in [2.75, 3.05) is 0 Å². The Labute approximate surface area is 77.4 Å². The minimum atomic E-state index is 0.650. The lowest BCUT2D eigenvalue weighted by Gasteiger charge is -2.18. The summed E-state index contributed by atoms with van der Waals surface area (Å²) in [6.45, 7) is 14.5. The lowest BCUT2D eigenvalue weighted by atomic mass is 9.87. The van der Waals surface area contributed by atoms with Crippen molar-refractivity contribution in [1.29, 1.82) is 0 Å². The largest absolute Gasteiger partial charge is 0.0988 e. The molecule has 0 nitrogen and oxygen atoms in total. The van der Waals surface area contributed by atoms with Gasteiger partial charge in [0.1, 0.15) is 0 Å². The molecule has 0 aromatic heterocycles. The van der Waals surface area contributed by atoms with Crippen LogP contribution in [0, 0.1) is 11.8 Å². The van der Waals surface area contributed by atoms with E-state index in [0.29, 0.717) is 5.92 Å². The van der Waals surface area contributed by atoms with Gasteiger partial charge in [-0.05, 0) is 24.7 Å². The highest BCUT2D eigenvalue weighted by atomic mass is 14.2. The van der Waals surface area contributed by atoms with E-state index in [1.807, 2.05) is 6.08 Å². The summed E-state index contributed by atoms with van der Waals surface area (Å²) in [6, 6.07) is 0. The van der Waals surface area contributed by atoms with Gasteiger partial charge in [-0.1, -0.05) is 52.0 Å². The molecule has 0 amide bonds. The van der Waals surface area contributed by atoms with Gasteiger partial charge in [0, 0.05) is 0 Å². The van der Waals surface area contributed by atoms with Crippen LogP contribution in [-0.4, -0.2) is 0 Å². The Balaban J connectivity index is 3.98. The van der Waals surface area contributed by atoms with Crippen molar-refractivity contribution in [2.24, 2.45) is 11.8 Å². The maximum absolute atomic E-state index is 4.01. The summed E-state index contributed by atoms with van der Waals surface area (Å²) in [5, 5.41) is 0. The van der Waals surface area contributed by atoms with Crippen molar-refractivity contribution in [2.45, 2.75) is 40.0 Å². The standard InChI is InChI=1S/C12H22/c1-6-10(4)9-12(8-3)11(5)7-2/h7,10,12H,2,5-6,8-9H2,1,3-4H3. The van der Waals surface area contributed by atoms with Crippen LogP contribution in [0.4, 0.5) is 0 Å². The van der Waals surface area contributed by atoms with Crippen molar-refractivity contribution in [3.05, 3.63) is 24.8 Å². The van der Waals surface area contributed by atoms with Crippen LogP contribution in [0.2, 0.25) is 0 Å². The Bertz CT molecular complexity index is 144. The quantitative estimate of drug-likeness (QED) is 0.519. The molecule has 0 aliphatic carbocycles. The van der Waals surface area contributed by atoms with Gasteiger partial charge in [0.2, 0.25) is 0 Å². The zero-order chi connectivity index (χ0) is 9.56. The molecule has 0 aliphatic heterocycles. The Morgan fingerprint density at radius 3 is 2.25 bits per heavy atom. The Kier molecular flexibility index (Phi) is 5.79. The van der Waals surface area contributed by atoms with Gasteiger partial charge >= 0.3 is 0 Å². The Morgan fingerprint density at radius 2 is 1.92 bits per heavy atom. The minimum Gasteiger partial charge on any atom is -0.0988 e. The molecule has 70 valence electrons. The molecule has 0 aliphatic rings. The topological polar surface area (TPSA) is 0 Å². The number of hydrogen-bond donors (Lipinski definition) is 0. The molecule has 2 unspecified atom stereocenters. The van der Waals surface area contributed by atoms with Gasteiger partial charge in [0.15, 0.2) is 0 Å². The van der Waals surface area contributed by atoms with E-state index in [1.165, 1.54) is 24.8 Å². The third-order valence-electron chi connectivity index (χ3n) is 2.66. The van der Waals surface area contributed by atoms with E-state index in [2.05, 4.69) is 33.9 Å². The van der Waals surface area contributed by atoms with Gasteiger partial charge in [0.25, 0.3) is 0 Å². The van der Waals surface area contributed by atoms with E-state index >= 15 is 0 Å². The van der Waals surface area contributed by atoms with Gasteiger partial charge in [-0.3, -0.25) is 0 Å². The first-order valence-electron chi connectivity index (χ1n) is 4.96. The van der Waals surface area contributed by atoms with E-state index in [9.17, 15) is 0 Å². The fourth-order valence-electron chi connectivity index (χ4n) is 1.40. The lowest BCUT2D eigenvalue weighted by Crippen LogP contribution is -2.06. The van der Waals surface area contributed by atoms with Crippen LogP contribution >= 0.6 is 0 Å². The molecular weight excluding hydrogens is 144 g/mol. The molecule has 0 spiro atoms. The first-order valence-corrected chi connectivity index (χ1v) is 4.96. The summed E-state index contributed by atoms with van der Waals surface area (Å²) in [5.41, 5.74) is 1.21. The maximum Gasteiger partial charge on any atom is -0.0168 e. The highest BCUT2D eigenvalue weighted by Gasteiger charge is 2.11. The molecule has 12 heavy (non-hydrogen) atoms. The highest BCUT2D eigenvalue weighted by molar-refractivity contribution is 5.14. The molecule has 0 rings (SSSR count). The average Bonchev–Trinajstić information content (AvgIpc) is 2.12. The van der Waals surface area contributed by atoms with E-state index in [0.717, 1.165) is 5.92 Å². The minimum absolute atomic E-state index is 0.650. The molecular formula is C12H22. The molecule has 0 heterocycles. The predicted octanol–water partition coefficient (Wildman–Crippen LogP) is 4.19. The number of rotatable bonds is 6. The molecule has 0 aromatic rings. The zero-order valence-corrected chi connectivity index (χ0v) is 8.77. The number of hydrogen-bond acceptors (Lipinski definition) is 0. The summed E-state index contributed by atoms with van der Waals surface area (Å²) in [6.07, 6.45) is 5.62. The molecule has 0 bridgehead atoms. The van der Waals surface area contributed by atoms with Crippen LogP contribution in [0.5, 0.6) is 0 Å². The Hall–Kier alpha value is -0.520. The van der Waals surface area contributed by atoms with Crippen LogP contribution in [0.15, 0.2) is 24.8 Å². The smallest absolute Gasteiger partial charge is 0.0168 e. The second kappa shape index (κ2) is 6.05. The second-order valence-corrected chi connectivity index (χ2v) is 3.63. The molecule has 0 N–H and O–H groups in total. The molecule has 0 saturated heterocycles. The highest BCUT2D eigenvalue weighted by Crippen LogP contribution is 2.24. The predicted molar refractivity (Wildman–Crippen MR) is 57.2 cm³/mol. The van der Waals surface area contributed by atoms with E-state index in [4.69, 9.17) is 0 Å². The molecule has 0 heteroatoms. The molecule has 0 saturated carbocycles. The van der Waals surface area contributed by atoms with Crippen LogP contribution < -0.4 is 0 Å². The van der Waals surface area contributed by atoms with E-state index in [1.54, 1.807) is 0 Å². The van der Waals surface area contributed by atoms with Crippen LogP contribution in [0.3, 0.4) is 0 Å². The van der Waals surface area contributed by atoms with Crippen LogP contribution in [0.1, 0.15) is 40.0 Å². The monoisotopic (exact) mass is 166 g/mol. The summed E-state index contributed by atoms with van der Waals surface area (Å²) < 4.78 is 0. The van der Waals surface area contributed by atoms with Crippen molar-refractivity contribution in [3.63, 3.8) is 0 Å².